The summed E-state index contributed by atoms with van der Waals surface area (Å²) in [5, 5.41) is 9.12. The monoisotopic (exact) mass is 218 g/mol. The second-order valence-electron chi connectivity index (χ2n) is 3.48. The number of aromatic nitrogens is 2. The van der Waals surface area contributed by atoms with Crippen molar-refractivity contribution in [2.24, 2.45) is 0 Å². The molecule has 84 valence electrons. The Morgan fingerprint density at radius 3 is 2.94 bits per heavy atom. The number of imidazole rings is 1. The van der Waals surface area contributed by atoms with Crippen LogP contribution in [0.15, 0.2) is 36.8 Å². The fraction of sp³-hybridized carbons (Fsp3) is 0.250. The SMILES string of the molecule is COc1ccccc1Cn1cncc1CO. The zero-order chi connectivity index (χ0) is 11.4. The Hall–Kier alpha value is -1.81. The molecule has 1 heterocycles. The summed E-state index contributed by atoms with van der Waals surface area (Å²) < 4.78 is 7.17. The Balaban J connectivity index is 2.26. The Morgan fingerprint density at radius 2 is 2.19 bits per heavy atom. The molecule has 0 bridgehead atoms. The first-order valence-electron chi connectivity index (χ1n) is 5.07. The van der Waals surface area contributed by atoms with E-state index in [1.807, 2.05) is 28.8 Å². The average Bonchev–Trinajstić information content (AvgIpc) is 2.77. The topological polar surface area (TPSA) is 47.3 Å². The number of aliphatic hydroxyl groups is 1. The molecule has 2 aromatic rings. The molecule has 0 aliphatic carbocycles. The van der Waals surface area contributed by atoms with Gasteiger partial charge in [0.25, 0.3) is 0 Å². The minimum absolute atomic E-state index is 0.00481. The van der Waals surface area contributed by atoms with Crippen LogP contribution in [0.25, 0.3) is 0 Å². The van der Waals surface area contributed by atoms with Gasteiger partial charge in [-0.2, -0.15) is 0 Å². The highest BCUT2D eigenvalue weighted by Gasteiger charge is 2.05. The van der Waals surface area contributed by atoms with Gasteiger partial charge in [0.05, 0.1) is 38.5 Å². The molecule has 0 amide bonds. The molecule has 4 nitrogen and oxygen atoms in total. The zero-order valence-corrected chi connectivity index (χ0v) is 9.13. The van der Waals surface area contributed by atoms with Gasteiger partial charge in [0.2, 0.25) is 0 Å². The van der Waals surface area contributed by atoms with Crippen LogP contribution < -0.4 is 4.74 Å². The third-order valence-corrected chi connectivity index (χ3v) is 2.49. The van der Waals surface area contributed by atoms with Gasteiger partial charge in [0, 0.05) is 5.56 Å². The highest BCUT2D eigenvalue weighted by molar-refractivity contribution is 5.33. The third-order valence-electron chi connectivity index (χ3n) is 2.49. The number of para-hydroxylation sites is 1. The van der Waals surface area contributed by atoms with Crippen molar-refractivity contribution in [1.82, 2.24) is 9.55 Å². The summed E-state index contributed by atoms with van der Waals surface area (Å²) in [4.78, 5) is 4.01. The van der Waals surface area contributed by atoms with Crippen LogP contribution in [-0.4, -0.2) is 21.8 Å². The lowest BCUT2D eigenvalue weighted by Crippen LogP contribution is -2.04. The number of nitrogens with zero attached hydrogens (tertiary/aromatic N) is 2. The lowest BCUT2D eigenvalue weighted by atomic mass is 10.2. The van der Waals surface area contributed by atoms with Crippen molar-refractivity contribution < 1.29 is 9.84 Å². The Labute approximate surface area is 94.1 Å². The van der Waals surface area contributed by atoms with Gasteiger partial charge in [-0.05, 0) is 6.07 Å². The van der Waals surface area contributed by atoms with Crippen molar-refractivity contribution in [1.29, 1.82) is 0 Å². The van der Waals surface area contributed by atoms with E-state index in [9.17, 15) is 0 Å². The van der Waals surface area contributed by atoms with E-state index in [2.05, 4.69) is 4.98 Å². The molecule has 0 spiro atoms. The first-order valence-corrected chi connectivity index (χ1v) is 5.07. The minimum Gasteiger partial charge on any atom is -0.496 e. The molecule has 0 aliphatic rings. The summed E-state index contributed by atoms with van der Waals surface area (Å²) in [6.45, 7) is 0.648. The molecule has 0 radical (unpaired) electrons. The predicted octanol–water partition coefficient (Wildman–Crippen LogP) is 1.43. The van der Waals surface area contributed by atoms with Crippen LogP contribution in [0.3, 0.4) is 0 Å². The molecular weight excluding hydrogens is 204 g/mol. The molecule has 16 heavy (non-hydrogen) atoms. The van der Waals surface area contributed by atoms with Crippen molar-refractivity contribution >= 4 is 0 Å². The van der Waals surface area contributed by atoms with E-state index in [-0.39, 0.29) is 6.61 Å². The highest BCUT2D eigenvalue weighted by atomic mass is 16.5. The second-order valence-corrected chi connectivity index (χ2v) is 3.48. The van der Waals surface area contributed by atoms with E-state index in [0.29, 0.717) is 6.54 Å². The zero-order valence-electron chi connectivity index (χ0n) is 9.13. The Morgan fingerprint density at radius 1 is 1.38 bits per heavy atom. The van der Waals surface area contributed by atoms with E-state index < -0.39 is 0 Å². The van der Waals surface area contributed by atoms with E-state index in [0.717, 1.165) is 17.0 Å². The lowest BCUT2D eigenvalue weighted by molar-refractivity contribution is 0.271. The van der Waals surface area contributed by atoms with Crippen molar-refractivity contribution in [2.45, 2.75) is 13.2 Å². The van der Waals surface area contributed by atoms with Gasteiger partial charge in [-0.25, -0.2) is 4.98 Å². The molecule has 0 unspecified atom stereocenters. The maximum absolute atomic E-state index is 9.12. The van der Waals surface area contributed by atoms with Gasteiger partial charge in [-0.15, -0.1) is 0 Å². The van der Waals surface area contributed by atoms with Crippen LogP contribution >= 0.6 is 0 Å². The molecular formula is C12H14N2O2. The molecule has 2 rings (SSSR count). The smallest absolute Gasteiger partial charge is 0.123 e. The van der Waals surface area contributed by atoms with Crippen LogP contribution in [0, 0.1) is 0 Å². The summed E-state index contributed by atoms with van der Waals surface area (Å²) in [6, 6.07) is 7.82. The van der Waals surface area contributed by atoms with Crippen LogP contribution in [0.2, 0.25) is 0 Å². The van der Waals surface area contributed by atoms with E-state index in [1.165, 1.54) is 0 Å². The number of hydrogen-bond donors (Lipinski definition) is 1. The van der Waals surface area contributed by atoms with Crippen LogP contribution in [0.4, 0.5) is 0 Å². The third kappa shape index (κ3) is 2.06. The van der Waals surface area contributed by atoms with Crippen LogP contribution in [-0.2, 0) is 13.2 Å². The maximum atomic E-state index is 9.12. The van der Waals surface area contributed by atoms with Gasteiger partial charge in [0.1, 0.15) is 5.75 Å². The van der Waals surface area contributed by atoms with E-state index in [4.69, 9.17) is 9.84 Å². The standard InChI is InChI=1S/C12H14N2O2/c1-16-12-5-3-2-4-10(12)7-14-9-13-6-11(14)8-15/h2-6,9,15H,7-8H2,1H3. The Kier molecular flexibility index (Phi) is 3.22. The number of aliphatic hydroxyl groups excluding tert-OH is 1. The first-order chi connectivity index (χ1) is 7.85. The summed E-state index contributed by atoms with van der Waals surface area (Å²) in [5.41, 5.74) is 1.86. The normalized spacial score (nSPS) is 10.4. The summed E-state index contributed by atoms with van der Waals surface area (Å²) in [5.74, 6) is 0.847. The predicted molar refractivity (Wildman–Crippen MR) is 60.2 cm³/mol. The van der Waals surface area contributed by atoms with Crippen molar-refractivity contribution in [3.63, 3.8) is 0 Å². The minimum atomic E-state index is -0.00481. The largest absolute Gasteiger partial charge is 0.496 e. The number of ether oxygens (including phenoxy) is 1. The molecule has 1 aromatic carbocycles. The highest BCUT2D eigenvalue weighted by Crippen LogP contribution is 2.18. The summed E-state index contributed by atoms with van der Waals surface area (Å²) >= 11 is 0. The molecule has 0 fully saturated rings. The Bertz CT molecular complexity index is 466. The molecule has 0 saturated carbocycles. The van der Waals surface area contributed by atoms with Crippen LogP contribution in [0.1, 0.15) is 11.3 Å². The van der Waals surface area contributed by atoms with Gasteiger partial charge < -0.3 is 14.4 Å². The molecule has 0 saturated heterocycles. The first kappa shape index (κ1) is 10.7. The quantitative estimate of drug-likeness (QED) is 0.844. The number of rotatable bonds is 4. The molecule has 4 heteroatoms. The fourth-order valence-corrected chi connectivity index (χ4v) is 1.64. The van der Waals surface area contributed by atoms with Gasteiger partial charge in [0.15, 0.2) is 0 Å². The van der Waals surface area contributed by atoms with E-state index in [1.54, 1.807) is 19.6 Å². The number of benzene rings is 1. The summed E-state index contributed by atoms with van der Waals surface area (Å²) in [7, 11) is 1.65. The average molecular weight is 218 g/mol. The van der Waals surface area contributed by atoms with E-state index >= 15 is 0 Å². The number of hydrogen-bond acceptors (Lipinski definition) is 3. The van der Waals surface area contributed by atoms with Crippen LogP contribution in [0.5, 0.6) is 5.75 Å². The van der Waals surface area contributed by atoms with Crippen molar-refractivity contribution in [2.75, 3.05) is 7.11 Å². The fourth-order valence-electron chi connectivity index (χ4n) is 1.64. The van der Waals surface area contributed by atoms with Crippen molar-refractivity contribution in [3.8, 4) is 5.75 Å². The van der Waals surface area contributed by atoms with Gasteiger partial charge in [-0.1, -0.05) is 18.2 Å². The molecule has 1 aromatic heterocycles. The lowest BCUT2D eigenvalue weighted by Gasteiger charge is -2.10. The second kappa shape index (κ2) is 4.81. The van der Waals surface area contributed by atoms with Gasteiger partial charge in [-0.3, -0.25) is 0 Å². The summed E-state index contributed by atoms with van der Waals surface area (Å²) in [6.07, 6.45) is 3.37. The molecule has 1 N–H and O–H groups in total. The molecule has 0 atom stereocenters. The maximum Gasteiger partial charge on any atom is 0.123 e. The van der Waals surface area contributed by atoms with Gasteiger partial charge >= 0.3 is 0 Å². The number of methoxy groups -OCH3 is 1. The molecule has 0 aliphatic heterocycles. The van der Waals surface area contributed by atoms with Crippen molar-refractivity contribution in [3.05, 3.63) is 48.0 Å².